The predicted molar refractivity (Wildman–Crippen MR) is 40.0 cm³/mol. The summed E-state index contributed by atoms with van der Waals surface area (Å²) in [4.78, 5) is 10.3. The molecule has 54 valence electrons. The van der Waals surface area contributed by atoms with Gasteiger partial charge in [0.2, 0.25) is 0 Å². The van der Waals surface area contributed by atoms with Gasteiger partial charge in [-0.25, -0.2) is 0 Å². The summed E-state index contributed by atoms with van der Waals surface area (Å²) < 4.78 is 0. The number of aldehydes is 1. The Bertz CT molecular complexity index is 310. The second kappa shape index (κ2) is 2.27. The molecule has 1 aliphatic heterocycles. The first-order valence-corrected chi connectivity index (χ1v) is 3.35. The molecule has 1 heterocycles. The highest BCUT2D eigenvalue weighted by Gasteiger charge is 2.15. The van der Waals surface area contributed by atoms with Crippen LogP contribution in [0.15, 0.2) is 45.8 Å². The van der Waals surface area contributed by atoms with Crippen LogP contribution in [0.25, 0.3) is 0 Å². The fourth-order valence-electron chi connectivity index (χ4n) is 1.10. The fourth-order valence-corrected chi connectivity index (χ4v) is 1.10. The highest BCUT2D eigenvalue weighted by atomic mass is 16.1. The molecule has 0 N–H and O–H groups in total. The molecular formula is C8H6N2O. The van der Waals surface area contributed by atoms with E-state index in [0.29, 0.717) is 5.57 Å². The van der Waals surface area contributed by atoms with Crippen molar-refractivity contribution in [2.45, 2.75) is 6.04 Å². The molecule has 11 heavy (non-hydrogen) atoms. The van der Waals surface area contributed by atoms with Crippen molar-refractivity contribution in [2.24, 2.45) is 10.2 Å². The highest BCUT2D eigenvalue weighted by Crippen LogP contribution is 2.22. The molecule has 0 saturated heterocycles. The molecule has 0 aromatic heterocycles. The Morgan fingerprint density at radius 1 is 1.55 bits per heavy atom. The number of nitrogens with zero attached hydrogens (tertiary/aromatic N) is 2. The first kappa shape index (κ1) is 6.22. The third-order valence-electron chi connectivity index (χ3n) is 1.68. The number of fused-ring (bicyclic) bond motifs is 1. The molecule has 3 nitrogen and oxygen atoms in total. The number of rotatable bonds is 1. The molecular weight excluding hydrogens is 140 g/mol. The Kier molecular flexibility index (Phi) is 1.28. The quantitative estimate of drug-likeness (QED) is 0.515. The van der Waals surface area contributed by atoms with Crippen LogP contribution in [0, 0.1) is 0 Å². The van der Waals surface area contributed by atoms with E-state index < -0.39 is 0 Å². The first-order valence-electron chi connectivity index (χ1n) is 3.35. The Labute approximate surface area is 63.8 Å². The molecule has 3 heteroatoms. The number of carbonyl (C=O) groups is 1. The van der Waals surface area contributed by atoms with Gasteiger partial charge in [-0.2, -0.15) is 10.2 Å². The molecule has 0 bridgehead atoms. The third kappa shape index (κ3) is 0.941. The maximum Gasteiger partial charge on any atom is 0.150 e. The van der Waals surface area contributed by atoms with E-state index in [-0.39, 0.29) is 6.04 Å². The molecule has 0 aromatic carbocycles. The minimum absolute atomic E-state index is 0.0544. The summed E-state index contributed by atoms with van der Waals surface area (Å²) in [5.74, 6) is 0. The van der Waals surface area contributed by atoms with Gasteiger partial charge in [-0.05, 0) is 6.08 Å². The zero-order valence-electron chi connectivity index (χ0n) is 5.77. The van der Waals surface area contributed by atoms with E-state index in [9.17, 15) is 4.79 Å². The summed E-state index contributed by atoms with van der Waals surface area (Å²) in [5.41, 5.74) is 1.68. The Morgan fingerprint density at radius 3 is 3.27 bits per heavy atom. The summed E-state index contributed by atoms with van der Waals surface area (Å²) in [7, 11) is 0. The van der Waals surface area contributed by atoms with Crippen LogP contribution in [0.4, 0.5) is 0 Å². The van der Waals surface area contributed by atoms with Crippen LogP contribution in [-0.2, 0) is 4.79 Å². The lowest BCUT2D eigenvalue weighted by Gasteiger charge is -2.06. The van der Waals surface area contributed by atoms with Gasteiger partial charge in [0.1, 0.15) is 12.3 Å². The molecule has 1 aliphatic carbocycles. The maximum absolute atomic E-state index is 10.3. The van der Waals surface area contributed by atoms with Crippen molar-refractivity contribution in [1.82, 2.24) is 0 Å². The summed E-state index contributed by atoms with van der Waals surface area (Å²) in [6, 6.07) is 0.0544. The smallest absolute Gasteiger partial charge is 0.150 e. The van der Waals surface area contributed by atoms with E-state index in [1.807, 2.05) is 6.08 Å². The minimum atomic E-state index is 0.0544. The molecule has 2 rings (SSSR count). The van der Waals surface area contributed by atoms with Crippen molar-refractivity contribution in [3.8, 4) is 0 Å². The largest absolute Gasteiger partial charge is 0.298 e. The minimum Gasteiger partial charge on any atom is -0.298 e. The lowest BCUT2D eigenvalue weighted by molar-refractivity contribution is -0.104. The number of hydrogen-bond acceptors (Lipinski definition) is 3. The van der Waals surface area contributed by atoms with E-state index in [1.165, 1.54) is 0 Å². The average Bonchev–Trinajstić information content (AvgIpc) is 2.50. The molecule has 0 fully saturated rings. The maximum atomic E-state index is 10.3. The molecule has 2 aliphatic rings. The number of azo groups is 1. The topological polar surface area (TPSA) is 41.8 Å². The normalized spacial score (nSPS) is 26.0. The Balaban J connectivity index is 2.36. The van der Waals surface area contributed by atoms with E-state index in [0.717, 1.165) is 11.9 Å². The molecule has 0 spiro atoms. The number of allylic oxidation sites excluding steroid dienone is 2. The zero-order valence-corrected chi connectivity index (χ0v) is 5.77. The Morgan fingerprint density at radius 2 is 2.45 bits per heavy atom. The van der Waals surface area contributed by atoms with Crippen molar-refractivity contribution in [2.75, 3.05) is 0 Å². The predicted octanol–water partition coefficient (Wildman–Crippen LogP) is 1.40. The van der Waals surface area contributed by atoms with Gasteiger partial charge in [-0.1, -0.05) is 12.2 Å². The van der Waals surface area contributed by atoms with Crippen LogP contribution in [0.3, 0.4) is 0 Å². The van der Waals surface area contributed by atoms with Crippen molar-refractivity contribution in [3.05, 3.63) is 35.6 Å². The first-order chi connectivity index (χ1) is 5.40. The second-order valence-electron chi connectivity index (χ2n) is 2.43. The van der Waals surface area contributed by atoms with Crippen LogP contribution in [-0.4, -0.2) is 12.3 Å². The van der Waals surface area contributed by atoms with Gasteiger partial charge in [0.05, 0.1) is 6.20 Å². The Hall–Kier alpha value is -1.51. The van der Waals surface area contributed by atoms with Crippen LogP contribution in [0.2, 0.25) is 0 Å². The number of hydrogen-bond donors (Lipinski definition) is 0. The standard InChI is InChI=1S/C8H6N2O/c11-5-6-1-2-8-7(3-6)4-9-10-8/h1-5,8H/t8-/m0/s1. The van der Waals surface area contributed by atoms with Gasteiger partial charge in [0.15, 0.2) is 0 Å². The number of carbonyl (C=O) groups excluding carboxylic acids is 1. The monoisotopic (exact) mass is 146 g/mol. The molecule has 1 atom stereocenters. The van der Waals surface area contributed by atoms with Crippen LogP contribution in [0.5, 0.6) is 0 Å². The lowest BCUT2D eigenvalue weighted by Crippen LogP contribution is -2.03. The van der Waals surface area contributed by atoms with Gasteiger partial charge < -0.3 is 0 Å². The lowest BCUT2D eigenvalue weighted by atomic mass is 10.0. The summed E-state index contributed by atoms with van der Waals surface area (Å²) in [5, 5.41) is 7.66. The van der Waals surface area contributed by atoms with Crippen LogP contribution >= 0.6 is 0 Å². The van der Waals surface area contributed by atoms with E-state index in [4.69, 9.17) is 0 Å². The van der Waals surface area contributed by atoms with Gasteiger partial charge in [-0.15, -0.1) is 0 Å². The average molecular weight is 146 g/mol. The van der Waals surface area contributed by atoms with Crippen LogP contribution < -0.4 is 0 Å². The molecule has 0 amide bonds. The summed E-state index contributed by atoms with van der Waals surface area (Å²) in [6.45, 7) is 0. The SMILES string of the molecule is O=CC1=CC2=CN=N[C@H]2C=C1. The molecule has 0 saturated carbocycles. The van der Waals surface area contributed by atoms with Gasteiger partial charge in [0, 0.05) is 11.1 Å². The third-order valence-corrected chi connectivity index (χ3v) is 1.68. The molecule has 0 unspecified atom stereocenters. The van der Waals surface area contributed by atoms with Crippen molar-refractivity contribution < 1.29 is 4.79 Å². The van der Waals surface area contributed by atoms with Crippen molar-refractivity contribution >= 4 is 6.29 Å². The summed E-state index contributed by atoms with van der Waals surface area (Å²) in [6.07, 6.45) is 7.94. The van der Waals surface area contributed by atoms with Gasteiger partial charge in [0.25, 0.3) is 0 Å². The van der Waals surface area contributed by atoms with Gasteiger partial charge >= 0.3 is 0 Å². The van der Waals surface area contributed by atoms with Crippen molar-refractivity contribution in [3.63, 3.8) is 0 Å². The zero-order chi connectivity index (χ0) is 7.68. The van der Waals surface area contributed by atoms with E-state index in [2.05, 4.69) is 10.2 Å². The van der Waals surface area contributed by atoms with Crippen molar-refractivity contribution in [1.29, 1.82) is 0 Å². The summed E-state index contributed by atoms with van der Waals surface area (Å²) >= 11 is 0. The van der Waals surface area contributed by atoms with E-state index >= 15 is 0 Å². The highest BCUT2D eigenvalue weighted by molar-refractivity contribution is 5.79. The molecule has 0 aromatic rings. The fraction of sp³-hybridized carbons (Fsp3) is 0.125. The van der Waals surface area contributed by atoms with Gasteiger partial charge in [-0.3, -0.25) is 4.79 Å². The van der Waals surface area contributed by atoms with Crippen LogP contribution in [0.1, 0.15) is 0 Å². The van der Waals surface area contributed by atoms with E-state index in [1.54, 1.807) is 18.4 Å². The molecule has 0 radical (unpaired) electrons. The second-order valence-corrected chi connectivity index (χ2v) is 2.43.